The van der Waals surface area contributed by atoms with Crippen molar-refractivity contribution in [1.82, 2.24) is 5.32 Å². The number of amides is 1. The highest BCUT2D eigenvalue weighted by molar-refractivity contribution is 5.95. The average molecular weight is 203 g/mol. The summed E-state index contributed by atoms with van der Waals surface area (Å²) < 4.78 is 13.3. The summed E-state index contributed by atoms with van der Waals surface area (Å²) in [7, 11) is 0. The number of hydrogen-bond donors (Lipinski definition) is 1. The van der Waals surface area contributed by atoms with E-state index in [0.717, 1.165) is 12.8 Å². The maximum absolute atomic E-state index is 13.3. The molecule has 0 aliphatic heterocycles. The zero-order valence-corrected chi connectivity index (χ0v) is 8.09. The second-order valence-electron chi connectivity index (χ2n) is 3.59. The highest BCUT2D eigenvalue weighted by Crippen LogP contribution is 2.20. The van der Waals surface area contributed by atoms with Crippen molar-refractivity contribution in [3.05, 3.63) is 35.1 Å². The molecule has 2 nitrogen and oxygen atoms in total. The van der Waals surface area contributed by atoms with Gasteiger partial charge in [0.2, 0.25) is 0 Å². The first-order chi connectivity index (χ1) is 7.20. The maximum atomic E-state index is 13.3. The quantitative estimate of drug-likeness (QED) is 0.728. The van der Waals surface area contributed by atoms with E-state index in [1.54, 1.807) is 0 Å². The summed E-state index contributed by atoms with van der Waals surface area (Å²) in [5, 5.41) is 2.71. The number of halogens is 1. The Morgan fingerprint density at radius 2 is 2.27 bits per heavy atom. The van der Waals surface area contributed by atoms with E-state index in [-0.39, 0.29) is 17.5 Å². The lowest BCUT2D eigenvalue weighted by atomic mass is 10.1. The molecule has 1 amide bonds. The van der Waals surface area contributed by atoms with Gasteiger partial charge in [0, 0.05) is 11.6 Å². The minimum absolute atomic E-state index is 0.0253. The summed E-state index contributed by atoms with van der Waals surface area (Å²) in [5.41, 5.74) is 0.537. The zero-order chi connectivity index (χ0) is 10.8. The Morgan fingerprint density at radius 1 is 1.53 bits per heavy atom. The summed E-state index contributed by atoms with van der Waals surface area (Å²) in [5.74, 6) is 1.45. The van der Waals surface area contributed by atoms with Crippen LogP contribution in [0.25, 0.3) is 0 Å². The third-order valence-electron chi connectivity index (χ3n) is 2.29. The zero-order valence-electron chi connectivity index (χ0n) is 8.09. The SMILES string of the molecule is C#Cc1ccc(F)c(C(=O)NC2CC2)c1. The minimum atomic E-state index is -0.535. The molecule has 1 aliphatic rings. The second-order valence-corrected chi connectivity index (χ2v) is 3.59. The fraction of sp³-hybridized carbons (Fsp3) is 0.250. The van der Waals surface area contributed by atoms with Gasteiger partial charge in [0.05, 0.1) is 5.56 Å². The second kappa shape index (κ2) is 3.74. The lowest BCUT2D eigenvalue weighted by molar-refractivity contribution is 0.0947. The first kappa shape index (κ1) is 9.72. The molecule has 0 bridgehead atoms. The largest absolute Gasteiger partial charge is 0.349 e. The first-order valence-electron chi connectivity index (χ1n) is 4.77. The lowest BCUT2D eigenvalue weighted by Gasteiger charge is -2.04. The van der Waals surface area contributed by atoms with Gasteiger partial charge in [-0.05, 0) is 31.0 Å². The van der Waals surface area contributed by atoms with Crippen LogP contribution in [0, 0.1) is 18.2 Å². The van der Waals surface area contributed by atoms with E-state index in [9.17, 15) is 9.18 Å². The molecule has 1 aromatic carbocycles. The topological polar surface area (TPSA) is 29.1 Å². The molecule has 3 heteroatoms. The van der Waals surface area contributed by atoms with E-state index in [1.165, 1.54) is 18.2 Å². The molecule has 0 atom stereocenters. The van der Waals surface area contributed by atoms with Gasteiger partial charge in [-0.2, -0.15) is 0 Å². The molecule has 1 fully saturated rings. The van der Waals surface area contributed by atoms with Crippen molar-refractivity contribution in [2.24, 2.45) is 0 Å². The summed E-state index contributed by atoms with van der Waals surface area (Å²) in [6, 6.07) is 4.30. The van der Waals surface area contributed by atoms with Crippen LogP contribution in [0.15, 0.2) is 18.2 Å². The van der Waals surface area contributed by atoms with Gasteiger partial charge in [0.25, 0.3) is 5.91 Å². The van der Waals surface area contributed by atoms with Crippen LogP contribution < -0.4 is 5.32 Å². The fourth-order valence-corrected chi connectivity index (χ4v) is 1.28. The molecule has 0 radical (unpaired) electrons. The highest BCUT2D eigenvalue weighted by atomic mass is 19.1. The van der Waals surface area contributed by atoms with Gasteiger partial charge in [0.15, 0.2) is 0 Å². The van der Waals surface area contributed by atoms with Gasteiger partial charge in [-0.1, -0.05) is 5.92 Å². The van der Waals surface area contributed by atoms with Gasteiger partial charge in [0.1, 0.15) is 5.82 Å². The highest BCUT2D eigenvalue weighted by Gasteiger charge is 2.24. The molecule has 0 saturated heterocycles. The number of benzene rings is 1. The summed E-state index contributed by atoms with van der Waals surface area (Å²) in [4.78, 5) is 11.6. The van der Waals surface area contributed by atoms with E-state index in [1.807, 2.05) is 0 Å². The van der Waals surface area contributed by atoms with Crippen molar-refractivity contribution in [3.63, 3.8) is 0 Å². The van der Waals surface area contributed by atoms with Crippen LogP contribution in [-0.2, 0) is 0 Å². The van der Waals surface area contributed by atoms with Gasteiger partial charge in [-0.25, -0.2) is 4.39 Å². The van der Waals surface area contributed by atoms with E-state index < -0.39 is 5.82 Å². The molecular weight excluding hydrogens is 193 g/mol. The Hall–Kier alpha value is -1.82. The predicted octanol–water partition coefficient (Wildman–Crippen LogP) is 1.70. The standard InChI is InChI=1S/C12H10FNO/c1-2-8-3-6-11(13)10(7-8)12(15)14-9-4-5-9/h1,3,6-7,9H,4-5H2,(H,14,15). The van der Waals surface area contributed by atoms with Crippen molar-refractivity contribution in [1.29, 1.82) is 0 Å². The van der Waals surface area contributed by atoms with Crippen LogP contribution in [0.3, 0.4) is 0 Å². The van der Waals surface area contributed by atoms with Crippen LogP contribution in [0.5, 0.6) is 0 Å². The Balaban J connectivity index is 2.25. The normalized spacial score (nSPS) is 14.4. The van der Waals surface area contributed by atoms with Gasteiger partial charge in [-0.15, -0.1) is 6.42 Å². The third kappa shape index (κ3) is 2.16. The molecule has 0 heterocycles. The molecule has 76 valence electrons. The van der Waals surface area contributed by atoms with Gasteiger partial charge < -0.3 is 5.32 Å². The average Bonchev–Trinajstić information content (AvgIpc) is 3.02. The number of carbonyl (C=O) groups excluding carboxylic acids is 1. The monoisotopic (exact) mass is 203 g/mol. The van der Waals surface area contributed by atoms with Crippen molar-refractivity contribution in [2.75, 3.05) is 0 Å². The third-order valence-corrected chi connectivity index (χ3v) is 2.29. The van der Waals surface area contributed by atoms with Crippen LogP contribution in [0.4, 0.5) is 4.39 Å². The van der Waals surface area contributed by atoms with Crippen molar-refractivity contribution in [2.45, 2.75) is 18.9 Å². The van der Waals surface area contributed by atoms with Crippen molar-refractivity contribution in [3.8, 4) is 12.3 Å². The van der Waals surface area contributed by atoms with Crippen LogP contribution in [-0.4, -0.2) is 11.9 Å². The Bertz CT molecular complexity index is 443. The minimum Gasteiger partial charge on any atom is -0.349 e. The van der Waals surface area contributed by atoms with Crippen LogP contribution in [0.1, 0.15) is 28.8 Å². The van der Waals surface area contributed by atoms with Crippen molar-refractivity contribution >= 4 is 5.91 Å². The van der Waals surface area contributed by atoms with E-state index >= 15 is 0 Å². The lowest BCUT2D eigenvalue weighted by Crippen LogP contribution is -2.26. The molecule has 0 aromatic heterocycles. The molecule has 1 aliphatic carbocycles. The van der Waals surface area contributed by atoms with E-state index in [2.05, 4.69) is 11.2 Å². The summed E-state index contributed by atoms with van der Waals surface area (Å²) in [6.07, 6.45) is 7.13. The molecule has 1 N–H and O–H groups in total. The predicted molar refractivity (Wildman–Crippen MR) is 54.8 cm³/mol. The molecule has 15 heavy (non-hydrogen) atoms. The molecule has 0 spiro atoms. The molecular formula is C12H10FNO. The van der Waals surface area contributed by atoms with Crippen LogP contribution in [0.2, 0.25) is 0 Å². The number of nitrogens with one attached hydrogen (secondary N) is 1. The Morgan fingerprint density at radius 3 is 2.87 bits per heavy atom. The first-order valence-corrected chi connectivity index (χ1v) is 4.77. The molecule has 1 aromatic rings. The molecule has 2 rings (SSSR count). The van der Waals surface area contributed by atoms with Crippen LogP contribution >= 0.6 is 0 Å². The van der Waals surface area contributed by atoms with E-state index in [4.69, 9.17) is 6.42 Å². The number of terminal acetylenes is 1. The van der Waals surface area contributed by atoms with Crippen molar-refractivity contribution < 1.29 is 9.18 Å². The summed E-state index contributed by atoms with van der Waals surface area (Å²) >= 11 is 0. The Kier molecular flexibility index (Phi) is 2.42. The number of carbonyl (C=O) groups is 1. The van der Waals surface area contributed by atoms with Gasteiger partial charge in [-0.3, -0.25) is 4.79 Å². The molecule has 0 unspecified atom stereocenters. The van der Waals surface area contributed by atoms with E-state index in [0.29, 0.717) is 5.56 Å². The van der Waals surface area contributed by atoms with Gasteiger partial charge >= 0.3 is 0 Å². The summed E-state index contributed by atoms with van der Waals surface area (Å²) in [6.45, 7) is 0. The number of rotatable bonds is 2. The number of hydrogen-bond acceptors (Lipinski definition) is 1. The maximum Gasteiger partial charge on any atom is 0.254 e. The Labute approximate surface area is 87.5 Å². The smallest absolute Gasteiger partial charge is 0.254 e. The fourth-order valence-electron chi connectivity index (χ4n) is 1.28. The molecule has 1 saturated carbocycles.